The molecule has 0 amide bonds. The highest BCUT2D eigenvalue weighted by Gasteiger charge is 2.26. The van der Waals surface area contributed by atoms with Crippen molar-refractivity contribution in [1.29, 1.82) is 0 Å². The van der Waals surface area contributed by atoms with Gasteiger partial charge in [-0.3, -0.25) is 14.9 Å². The minimum absolute atomic E-state index is 0.0491. The fourth-order valence-corrected chi connectivity index (χ4v) is 4.78. The van der Waals surface area contributed by atoms with Gasteiger partial charge in [0.25, 0.3) is 5.69 Å². The molecule has 2 aromatic carbocycles. The molecule has 0 unspecified atom stereocenters. The third kappa shape index (κ3) is 5.11. The van der Waals surface area contributed by atoms with Crippen molar-refractivity contribution in [3.8, 4) is 5.69 Å². The maximum absolute atomic E-state index is 12.9. The predicted octanol–water partition coefficient (Wildman–Crippen LogP) is 5.28. The van der Waals surface area contributed by atoms with Crippen molar-refractivity contribution in [2.45, 2.75) is 33.6 Å². The van der Waals surface area contributed by atoms with E-state index in [4.69, 9.17) is 4.74 Å². The van der Waals surface area contributed by atoms with E-state index in [0.717, 1.165) is 43.0 Å². The van der Waals surface area contributed by atoms with Gasteiger partial charge in [0, 0.05) is 41.8 Å². The number of esters is 1. The number of nitrogens with zero attached hydrogens (tertiary/aromatic N) is 3. The Bertz CT molecular complexity index is 1270. The number of ketones is 1. The standard InChI is InChI=1S/C27H29N3O5/c1-18-8-7-13-28(16-18)24-12-11-21(15-25(24)30(33)34)27(32)35-17-26(31)23-14-19(2)29(20(23)3)22-9-5-4-6-10-22/h4-6,9-12,14-15,18H,7-8,13,16-17H2,1-3H3/t18-/m1/s1. The molecule has 0 saturated carbocycles. The minimum atomic E-state index is -0.767. The Balaban J connectivity index is 1.48. The van der Waals surface area contributed by atoms with Crippen LogP contribution in [0.5, 0.6) is 0 Å². The second-order valence-corrected chi connectivity index (χ2v) is 9.11. The quantitative estimate of drug-likeness (QED) is 0.200. The second-order valence-electron chi connectivity index (χ2n) is 9.11. The van der Waals surface area contributed by atoms with Crippen molar-refractivity contribution in [1.82, 2.24) is 4.57 Å². The first-order valence-electron chi connectivity index (χ1n) is 11.7. The first-order chi connectivity index (χ1) is 16.8. The summed E-state index contributed by atoms with van der Waals surface area (Å²) < 4.78 is 7.23. The molecule has 1 atom stereocenters. The highest BCUT2D eigenvalue weighted by molar-refractivity contribution is 6.00. The summed E-state index contributed by atoms with van der Waals surface area (Å²) in [7, 11) is 0. The normalized spacial score (nSPS) is 15.6. The maximum Gasteiger partial charge on any atom is 0.338 e. The molecule has 0 bridgehead atoms. The fourth-order valence-electron chi connectivity index (χ4n) is 4.78. The molecular weight excluding hydrogens is 446 g/mol. The number of hydrogen-bond acceptors (Lipinski definition) is 6. The van der Waals surface area contributed by atoms with E-state index in [-0.39, 0.29) is 17.0 Å². The lowest BCUT2D eigenvalue weighted by atomic mass is 9.99. The minimum Gasteiger partial charge on any atom is -0.454 e. The molecule has 4 rings (SSSR count). The zero-order valence-electron chi connectivity index (χ0n) is 20.2. The largest absolute Gasteiger partial charge is 0.454 e. The number of carbonyl (C=O) groups excluding carboxylic acids is 2. The van der Waals surface area contributed by atoms with Gasteiger partial charge in [0.2, 0.25) is 5.78 Å². The summed E-state index contributed by atoms with van der Waals surface area (Å²) in [5.74, 6) is -0.651. The number of hydrogen-bond donors (Lipinski definition) is 0. The lowest BCUT2D eigenvalue weighted by Gasteiger charge is -2.32. The van der Waals surface area contributed by atoms with Crippen LogP contribution in [0.2, 0.25) is 0 Å². The van der Waals surface area contributed by atoms with Gasteiger partial charge >= 0.3 is 5.97 Å². The van der Waals surface area contributed by atoms with Crippen LogP contribution in [-0.2, 0) is 4.74 Å². The van der Waals surface area contributed by atoms with Gasteiger partial charge in [-0.2, -0.15) is 0 Å². The third-order valence-electron chi connectivity index (χ3n) is 6.49. The van der Waals surface area contributed by atoms with E-state index in [1.54, 1.807) is 12.1 Å². The molecular formula is C27H29N3O5. The number of benzene rings is 2. The molecule has 0 spiro atoms. The van der Waals surface area contributed by atoms with Crippen LogP contribution in [0.25, 0.3) is 5.69 Å². The number of piperidine rings is 1. The molecule has 182 valence electrons. The number of aromatic nitrogens is 1. The fraction of sp³-hybridized carbons (Fsp3) is 0.333. The number of nitro benzene ring substituents is 1. The van der Waals surface area contributed by atoms with E-state index in [1.807, 2.05) is 53.6 Å². The van der Waals surface area contributed by atoms with Crippen LogP contribution in [0.3, 0.4) is 0 Å². The number of rotatable bonds is 7. The van der Waals surface area contributed by atoms with Crippen molar-refractivity contribution in [3.63, 3.8) is 0 Å². The van der Waals surface area contributed by atoms with E-state index < -0.39 is 17.5 Å². The van der Waals surface area contributed by atoms with Gasteiger partial charge in [0.1, 0.15) is 5.69 Å². The smallest absolute Gasteiger partial charge is 0.338 e. The molecule has 1 fully saturated rings. The van der Waals surface area contributed by atoms with Gasteiger partial charge in [0.15, 0.2) is 6.61 Å². The van der Waals surface area contributed by atoms with Crippen LogP contribution >= 0.6 is 0 Å². The summed E-state index contributed by atoms with van der Waals surface area (Å²) >= 11 is 0. The van der Waals surface area contributed by atoms with Gasteiger partial charge in [0.05, 0.1) is 10.5 Å². The van der Waals surface area contributed by atoms with Crippen molar-refractivity contribution < 1.29 is 19.2 Å². The molecule has 0 radical (unpaired) electrons. The number of carbonyl (C=O) groups is 2. The lowest BCUT2D eigenvalue weighted by Crippen LogP contribution is -2.34. The Morgan fingerprint density at radius 2 is 1.86 bits per heavy atom. The monoisotopic (exact) mass is 475 g/mol. The van der Waals surface area contributed by atoms with Crippen LogP contribution in [0.4, 0.5) is 11.4 Å². The summed E-state index contributed by atoms with van der Waals surface area (Å²) in [5.41, 5.74) is 3.47. The van der Waals surface area contributed by atoms with Gasteiger partial charge in [-0.1, -0.05) is 25.1 Å². The molecule has 1 aliphatic rings. The number of nitro groups is 1. The van der Waals surface area contributed by atoms with Gasteiger partial charge in [-0.05, 0) is 62.9 Å². The van der Waals surface area contributed by atoms with Crippen LogP contribution in [0, 0.1) is 29.9 Å². The Labute approximate surface area is 204 Å². The van der Waals surface area contributed by atoms with Gasteiger partial charge in [-0.15, -0.1) is 0 Å². The number of para-hydroxylation sites is 1. The van der Waals surface area contributed by atoms with Gasteiger partial charge in [-0.25, -0.2) is 4.79 Å². The third-order valence-corrected chi connectivity index (χ3v) is 6.49. The number of Topliss-reactive ketones (excluding diaryl/α,β-unsaturated/α-hetero) is 1. The molecule has 3 aromatic rings. The van der Waals surface area contributed by atoms with E-state index >= 15 is 0 Å². The van der Waals surface area contributed by atoms with E-state index in [9.17, 15) is 19.7 Å². The maximum atomic E-state index is 12.9. The van der Waals surface area contributed by atoms with Crippen LogP contribution in [0.15, 0.2) is 54.6 Å². The summed E-state index contributed by atoms with van der Waals surface area (Å²) in [5, 5.41) is 11.7. The molecule has 8 nitrogen and oxygen atoms in total. The van der Waals surface area contributed by atoms with Gasteiger partial charge < -0.3 is 14.2 Å². The Hall–Kier alpha value is -3.94. The molecule has 1 aliphatic heterocycles. The molecule has 35 heavy (non-hydrogen) atoms. The first-order valence-corrected chi connectivity index (χ1v) is 11.7. The van der Waals surface area contributed by atoms with Crippen LogP contribution in [-0.4, -0.2) is 40.9 Å². The lowest BCUT2D eigenvalue weighted by molar-refractivity contribution is -0.384. The Morgan fingerprint density at radius 3 is 2.54 bits per heavy atom. The SMILES string of the molecule is Cc1cc(C(=O)COC(=O)c2ccc(N3CCC[C@@H](C)C3)c([N+](=O)[O-])c2)c(C)n1-c1ccccc1. The Morgan fingerprint density at radius 1 is 1.11 bits per heavy atom. The molecule has 8 heteroatoms. The van der Waals surface area contributed by atoms with Crippen molar-refractivity contribution >= 4 is 23.1 Å². The molecule has 0 aliphatic carbocycles. The number of ether oxygens (including phenoxy) is 1. The first kappa shape index (κ1) is 24.2. The number of anilines is 1. The summed E-state index contributed by atoms with van der Waals surface area (Å²) in [6, 6.07) is 15.8. The molecule has 2 heterocycles. The highest BCUT2D eigenvalue weighted by atomic mass is 16.6. The van der Waals surface area contributed by atoms with Crippen molar-refractivity contribution in [3.05, 3.63) is 87.2 Å². The molecule has 0 N–H and O–H groups in total. The topological polar surface area (TPSA) is 94.7 Å². The summed E-state index contributed by atoms with van der Waals surface area (Å²) in [6.45, 7) is 6.91. The Kier molecular flexibility index (Phi) is 7.00. The van der Waals surface area contributed by atoms with E-state index in [0.29, 0.717) is 17.2 Å². The average Bonchev–Trinajstić information content (AvgIpc) is 3.16. The highest BCUT2D eigenvalue weighted by Crippen LogP contribution is 2.32. The molecule has 1 saturated heterocycles. The van der Waals surface area contributed by atoms with E-state index in [2.05, 4.69) is 6.92 Å². The van der Waals surface area contributed by atoms with Crippen LogP contribution < -0.4 is 4.90 Å². The predicted molar refractivity (Wildman–Crippen MR) is 134 cm³/mol. The second kappa shape index (κ2) is 10.1. The average molecular weight is 476 g/mol. The summed E-state index contributed by atoms with van der Waals surface area (Å²) in [6.07, 6.45) is 2.06. The summed E-state index contributed by atoms with van der Waals surface area (Å²) in [4.78, 5) is 38.8. The number of aryl methyl sites for hydroxylation is 1. The molecule has 1 aromatic heterocycles. The van der Waals surface area contributed by atoms with Crippen molar-refractivity contribution in [2.24, 2.45) is 5.92 Å². The zero-order valence-corrected chi connectivity index (χ0v) is 20.2. The zero-order chi connectivity index (χ0) is 25.1. The van der Waals surface area contributed by atoms with E-state index in [1.165, 1.54) is 12.1 Å². The van der Waals surface area contributed by atoms with Crippen LogP contribution in [0.1, 0.15) is 51.9 Å². The van der Waals surface area contributed by atoms with Crippen molar-refractivity contribution in [2.75, 3.05) is 24.6 Å².